The smallest absolute Gasteiger partial charge is 0.234 e. The fourth-order valence-electron chi connectivity index (χ4n) is 2.35. The van der Waals surface area contributed by atoms with Crippen LogP contribution in [0.2, 0.25) is 0 Å². The van der Waals surface area contributed by atoms with Gasteiger partial charge in [0.1, 0.15) is 16.2 Å². The number of nitrogens with zero attached hydrogens (tertiary/aromatic N) is 2. The molecule has 0 radical (unpaired) electrons. The molecule has 0 aliphatic carbocycles. The number of hydrogen-bond donors (Lipinski definition) is 1. The Labute approximate surface area is 157 Å². The molecule has 0 saturated carbocycles. The van der Waals surface area contributed by atoms with E-state index in [1.54, 1.807) is 17.7 Å². The molecule has 0 atom stereocenters. The number of aryl methyl sites for hydroxylation is 3. The molecular weight excluding hydrogens is 406 g/mol. The fraction of sp³-hybridized carbons (Fsp3) is 0.235. The van der Waals surface area contributed by atoms with Crippen molar-refractivity contribution in [2.24, 2.45) is 0 Å². The van der Waals surface area contributed by atoms with Crippen molar-refractivity contribution in [2.45, 2.75) is 25.8 Å². The molecule has 2 heterocycles. The lowest BCUT2D eigenvalue weighted by Gasteiger charge is -2.09. The zero-order chi connectivity index (χ0) is 17.3. The van der Waals surface area contributed by atoms with Gasteiger partial charge >= 0.3 is 0 Å². The number of thioether (sulfide) groups is 1. The van der Waals surface area contributed by atoms with E-state index in [1.165, 1.54) is 22.2 Å². The Morgan fingerprint density at radius 1 is 1.29 bits per heavy atom. The molecule has 124 valence electrons. The predicted molar refractivity (Wildman–Crippen MR) is 105 cm³/mol. The van der Waals surface area contributed by atoms with E-state index in [0.29, 0.717) is 5.75 Å². The minimum absolute atomic E-state index is 0.0400. The van der Waals surface area contributed by atoms with Gasteiger partial charge in [-0.2, -0.15) is 0 Å². The number of carbonyl (C=O) groups excluding carboxylic acids is 1. The van der Waals surface area contributed by atoms with Crippen molar-refractivity contribution in [3.05, 3.63) is 45.0 Å². The van der Waals surface area contributed by atoms with Crippen molar-refractivity contribution in [2.75, 3.05) is 11.1 Å². The van der Waals surface area contributed by atoms with Crippen molar-refractivity contribution in [1.82, 2.24) is 9.97 Å². The molecule has 0 spiro atoms. The van der Waals surface area contributed by atoms with Crippen LogP contribution in [-0.4, -0.2) is 21.6 Å². The summed E-state index contributed by atoms with van der Waals surface area (Å²) in [6, 6.07) is 5.80. The van der Waals surface area contributed by atoms with E-state index in [9.17, 15) is 4.79 Å². The lowest BCUT2D eigenvalue weighted by molar-refractivity contribution is -0.113. The summed E-state index contributed by atoms with van der Waals surface area (Å²) in [5.74, 6) is 0.275. The average molecular weight is 422 g/mol. The third-order valence-electron chi connectivity index (χ3n) is 3.73. The van der Waals surface area contributed by atoms with Crippen LogP contribution >= 0.6 is 39.0 Å². The number of rotatable bonds is 4. The van der Waals surface area contributed by atoms with Crippen LogP contribution in [0.3, 0.4) is 0 Å². The summed E-state index contributed by atoms with van der Waals surface area (Å²) < 4.78 is 0.999. The molecule has 3 aromatic rings. The van der Waals surface area contributed by atoms with Crippen LogP contribution < -0.4 is 5.32 Å². The lowest BCUT2D eigenvalue weighted by Crippen LogP contribution is -2.15. The van der Waals surface area contributed by atoms with Gasteiger partial charge in [-0.1, -0.05) is 27.7 Å². The van der Waals surface area contributed by atoms with E-state index in [-0.39, 0.29) is 5.91 Å². The standard InChI is InChI=1S/C17H16BrN3OS2/c1-9-6-12(18)4-5-13(9)21-14(22)7-23-16-15-10(2)11(3)24-17(15)20-8-19-16/h4-6,8H,7H2,1-3H3,(H,21,22). The Balaban J connectivity index is 1.73. The number of anilines is 1. The van der Waals surface area contributed by atoms with E-state index in [2.05, 4.69) is 45.1 Å². The number of fused-ring (bicyclic) bond motifs is 1. The van der Waals surface area contributed by atoms with Crippen molar-refractivity contribution in [3.63, 3.8) is 0 Å². The van der Waals surface area contributed by atoms with E-state index in [0.717, 1.165) is 31.0 Å². The first-order valence-electron chi connectivity index (χ1n) is 7.35. The molecule has 0 saturated heterocycles. The van der Waals surface area contributed by atoms with Gasteiger partial charge in [0.25, 0.3) is 0 Å². The Bertz CT molecular complexity index is 924. The Morgan fingerprint density at radius 3 is 2.83 bits per heavy atom. The molecule has 7 heteroatoms. The number of amides is 1. The highest BCUT2D eigenvalue weighted by atomic mass is 79.9. The van der Waals surface area contributed by atoms with E-state index in [1.807, 2.05) is 25.1 Å². The highest BCUT2D eigenvalue weighted by Crippen LogP contribution is 2.34. The molecule has 0 aliphatic heterocycles. The van der Waals surface area contributed by atoms with Crippen molar-refractivity contribution in [1.29, 1.82) is 0 Å². The van der Waals surface area contributed by atoms with Crippen LogP contribution in [0.5, 0.6) is 0 Å². The maximum Gasteiger partial charge on any atom is 0.234 e. The third-order valence-corrected chi connectivity index (χ3v) is 6.33. The molecule has 2 aromatic heterocycles. The zero-order valence-corrected chi connectivity index (χ0v) is 16.7. The first-order chi connectivity index (χ1) is 11.5. The Morgan fingerprint density at radius 2 is 2.08 bits per heavy atom. The molecule has 0 bridgehead atoms. The van der Waals surface area contributed by atoms with Gasteiger partial charge < -0.3 is 5.32 Å². The van der Waals surface area contributed by atoms with Crippen LogP contribution in [0.25, 0.3) is 10.2 Å². The van der Waals surface area contributed by atoms with Crippen molar-refractivity contribution < 1.29 is 4.79 Å². The lowest BCUT2D eigenvalue weighted by atomic mass is 10.2. The SMILES string of the molecule is Cc1cc(Br)ccc1NC(=O)CSc1ncnc2sc(C)c(C)c12. The molecular formula is C17H16BrN3OS2. The maximum absolute atomic E-state index is 12.3. The van der Waals surface area contributed by atoms with E-state index in [4.69, 9.17) is 0 Å². The quantitative estimate of drug-likeness (QED) is 0.469. The molecule has 1 aromatic carbocycles. The number of carbonyl (C=O) groups is 1. The fourth-order valence-corrected chi connectivity index (χ4v) is 4.74. The number of benzene rings is 1. The number of thiophene rings is 1. The molecule has 0 aliphatic rings. The van der Waals surface area contributed by atoms with Gasteiger partial charge in [-0.3, -0.25) is 4.79 Å². The predicted octanol–water partition coefficient (Wildman–Crippen LogP) is 5.11. The van der Waals surface area contributed by atoms with Crippen LogP contribution in [0.15, 0.2) is 34.0 Å². The topological polar surface area (TPSA) is 54.9 Å². The molecule has 0 unspecified atom stereocenters. The van der Waals surface area contributed by atoms with Gasteiger partial charge in [-0.05, 0) is 50.1 Å². The normalized spacial score (nSPS) is 11.0. The van der Waals surface area contributed by atoms with Crippen LogP contribution in [0.1, 0.15) is 16.0 Å². The van der Waals surface area contributed by atoms with E-state index < -0.39 is 0 Å². The Hall–Kier alpha value is -1.44. The van der Waals surface area contributed by atoms with Gasteiger partial charge in [0.2, 0.25) is 5.91 Å². The zero-order valence-electron chi connectivity index (χ0n) is 13.5. The number of nitrogens with one attached hydrogen (secondary N) is 1. The monoisotopic (exact) mass is 421 g/mol. The molecule has 0 fully saturated rings. The van der Waals surface area contributed by atoms with Crippen LogP contribution in [0.4, 0.5) is 5.69 Å². The summed E-state index contributed by atoms with van der Waals surface area (Å²) in [5.41, 5.74) is 3.05. The van der Waals surface area contributed by atoms with Crippen molar-refractivity contribution in [3.8, 4) is 0 Å². The first-order valence-corrected chi connectivity index (χ1v) is 9.94. The van der Waals surface area contributed by atoms with Gasteiger partial charge in [-0.15, -0.1) is 11.3 Å². The van der Waals surface area contributed by atoms with E-state index >= 15 is 0 Å². The maximum atomic E-state index is 12.3. The minimum atomic E-state index is -0.0400. The highest BCUT2D eigenvalue weighted by Gasteiger charge is 2.14. The second-order valence-corrected chi connectivity index (χ2v) is 8.52. The molecule has 1 amide bonds. The molecule has 3 rings (SSSR count). The van der Waals surface area contributed by atoms with Crippen LogP contribution in [0, 0.1) is 20.8 Å². The molecule has 4 nitrogen and oxygen atoms in total. The second-order valence-electron chi connectivity index (χ2n) is 5.44. The summed E-state index contributed by atoms with van der Waals surface area (Å²) in [5, 5.41) is 4.89. The van der Waals surface area contributed by atoms with Gasteiger partial charge in [0.15, 0.2) is 0 Å². The number of halogens is 1. The summed E-state index contributed by atoms with van der Waals surface area (Å²) in [4.78, 5) is 23.2. The van der Waals surface area contributed by atoms with Gasteiger partial charge in [0.05, 0.1) is 5.75 Å². The number of hydrogen-bond acceptors (Lipinski definition) is 5. The van der Waals surface area contributed by atoms with Crippen LogP contribution in [-0.2, 0) is 4.79 Å². The second kappa shape index (κ2) is 7.21. The average Bonchev–Trinajstić information content (AvgIpc) is 2.83. The van der Waals surface area contributed by atoms with Gasteiger partial charge in [0, 0.05) is 20.4 Å². The van der Waals surface area contributed by atoms with Gasteiger partial charge in [-0.25, -0.2) is 9.97 Å². The minimum Gasteiger partial charge on any atom is -0.325 e. The molecule has 1 N–H and O–H groups in total. The van der Waals surface area contributed by atoms with Crippen molar-refractivity contribution >= 4 is 60.8 Å². The largest absolute Gasteiger partial charge is 0.325 e. The highest BCUT2D eigenvalue weighted by molar-refractivity contribution is 9.10. The summed E-state index contributed by atoms with van der Waals surface area (Å²) in [6.45, 7) is 6.13. The summed E-state index contributed by atoms with van der Waals surface area (Å²) >= 11 is 6.54. The Kier molecular flexibility index (Phi) is 5.22. The third kappa shape index (κ3) is 3.63. The first kappa shape index (κ1) is 17.4. The summed E-state index contributed by atoms with van der Waals surface area (Å²) in [7, 11) is 0. The summed E-state index contributed by atoms with van der Waals surface area (Å²) in [6.07, 6.45) is 1.57. The number of aromatic nitrogens is 2. The molecule has 24 heavy (non-hydrogen) atoms.